The standard InChI is InChI=1S/C22H37N3O10/c1-12-20(32)25-14(21(33)24-12)7-8-16(28)23-9-5-3-4-6-10-34-22(13(2)27)19(31)18(30)17(29)15(11-26)35-22/h12,14-15,17-19,26,29-31H,3-11H2,1-2H3,(H,23,28)(H,24,33)(H,25,32)/t12-,14+,15-,17-,18+,19+,22-/m0/s1. The molecule has 2 aliphatic heterocycles. The summed E-state index contributed by atoms with van der Waals surface area (Å²) in [4.78, 5) is 47.6. The van der Waals surface area contributed by atoms with E-state index in [9.17, 15) is 39.6 Å². The topological polar surface area (TPSA) is 204 Å². The maximum Gasteiger partial charge on any atom is 0.258 e. The van der Waals surface area contributed by atoms with Gasteiger partial charge in [-0.05, 0) is 26.2 Å². The molecule has 2 fully saturated rings. The third-order valence-electron chi connectivity index (χ3n) is 6.20. The van der Waals surface area contributed by atoms with Crippen LogP contribution in [0.4, 0.5) is 0 Å². The first-order valence-corrected chi connectivity index (χ1v) is 11.9. The zero-order valence-electron chi connectivity index (χ0n) is 20.1. The number of Topliss-reactive ketones (excluding diaryl/α,β-unsaturated/α-hetero) is 1. The number of ether oxygens (including phenoxy) is 2. The largest absolute Gasteiger partial charge is 0.394 e. The van der Waals surface area contributed by atoms with Crippen molar-refractivity contribution in [1.82, 2.24) is 16.0 Å². The molecule has 2 heterocycles. The van der Waals surface area contributed by atoms with Crippen LogP contribution < -0.4 is 16.0 Å². The van der Waals surface area contributed by atoms with Gasteiger partial charge in [0.1, 0.15) is 36.5 Å². The molecule has 0 bridgehead atoms. The van der Waals surface area contributed by atoms with Crippen LogP contribution in [0.25, 0.3) is 0 Å². The second-order valence-corrected chi connectivity index (χ2v) is 8.93. The molecular formula is C22H37N3O10. The fourth-order valence-corrected chi connectivity index (χ4v) is 3.99. The van der Waals surface area contributed by atoms with Gasteiger partial charge in [-0.25, -0.2) is 0 Å². The molecule has 2 aliphatic rings. The summed E-state index contributed by atoms with van der Waals surface area (Å²) in [6.07, 6.45) is -3.48. The lowest BCUT2D eigenvalue weighted by atomic mass is 9.90. The van der Waals surface area contributed by atoms with Crippen molar-refractivity contribution >= 4 is 23.5 Å². The van der Waals surface area contributed by atoms with Crippen molar-refractivity contribution in [3.63, 3.8) is 0 Å². The lowest BCUT2D eigenvalue weighted by Gasteiger charge is -2.46. The van der Waals surface area contributed by atoms with E-state index >= 15 is 0 Å². The number of amides is 3. The third kappa shape index (κ3) is 7.41. The zero-order valence-corrected chi connectivity index (χ0v) is 20.1. The summed E-state index contributed by atoms with van der Waals surface area (Å²) < 4.78 is 10.9. The quantitative estimate of drug-likeness (QED) is 0.129. The second-order valence-electron chi connectivity index (χ2n) is 8.93. The van der Waals surface area contributed by atoms with Crippen molar-refractivity contribution in [2.24, 2.45) is 0 Å². The molecule has 0 radical (unpaired) electrons. The molecule has 7 atom stereocenters. The molecule has 0 aromatic carbocycles. The van der Waals surface area contributed by atoms with Gasteiger partial charge in [0, 0.05) is 19.9 Å². The smallest absolute Gasteiger partial charge is 0.258 e. The zero-order chi connectivity index (χ0) is 26.2. The number of rotatable bonds is 13. The lowest BCUT2D eigenvalue weighted by Crippen LogP contribution is -2.68. The normalized spacial score (nSPS) is 33.1. The third-order valence-corrected chi connectivity index (χ3v) is 6.20. The van der Waals surface area contributed by atoms with E-state index in [1.807, 2.05) is 0 Å². The van der Waals surface area contributed by atoms with Crippen LogP contribution in [0.2, 0.25) is 0 Å². The minimum absolute atomic E-state index is 0.0255. The first-order chi connectivity index (χ1) is 16.5. The summed E-state index contributed by atoms with van der Waals surface area (Å²) in [5.74, 6) is -3.67. The minimum atomic E-state index is -2.17. The van der Waals surface area contributed by atoms with Gasteiger partial charge in [0.2, 0.25) is 17.7 Å². The highest BCUT2D eigenvalue weighted by atomic mass is 16.7. The predicted octanol–water partition coefficient (Wildman–Crippen LogP) is -2.78. The highest BCUT2D eigenvalue weighted by Crippen LogP contribution is 2.32. The van der Waals surface area contributed by atoms with E-state index in [0.717, 1.165) is 13.3 Å². The number of hydrogen-bond acceptors (Lipinski definition) is 10. The van der Waals surface area contributed by atoms with Gasteiger partial charge in [-0.2, -0.15) is 0 Å². The Morgan fingerprint density at radius 2 is 1.74 bits per heavy atom. The number of aliphatic hydroxyl groups excluding tert-OH is 4. The van der Waals surface area contributed by atoms with E-state index in [4.69, 9.17) is 9.47 Å². The Morgan fingerprint density at radius 1 is 1.06 bits per heavy atom. The average molecular weight is 504 g/mol. The Bertz CT molecular complexity index is 764. The molecule has 7 N–H and O–H groups in total. The Morgan fingerprint density at radius 3 is 2.40 bits per heavy atom. The number of hydrogen-bond donors (Lipinski definition) is 7. The molecule has 200 valence electrons. The molecule has 0 saturated carbocycles. The van der Waals surface area contributed by atoms with Gasteiger partial charge in [-0.3, -0.25) is 19.2 Å². The summed E-state index contributed by atoms with van der Waals surface area (Å²) in [7, 11) is 0. The highest BCUT2D eigenvalue weighted by Gasteiger charge is 2.57. The SMILES string of the molecule is CC(=O)[C@]1(OCCCCCCNC(=O)CC[C@H]2NC(=O)[C@H](C)NC2=O)O[C@@H](CO)[C@H](O)[C@@H](O)[C@H]1O. The van der Waals surface area contributed by atoms with Crippen molar-refractivity contribution in [2.45, 2.75) is 94.7 Å². The predicted molar refractivity (Wildman–Crippen MR) is 120 cm³/mol. The number of nitrogens with one attached hydrogen (secondary N) is 3. The van der Waals surface area contributed by atoms with Crippen LogP contribution in [-0.4, -0.2) is 106 Å². The van der Waals surface area contributed by atoms with Gasteiger partial charge in [0.05, 0.1) is 13.2 Å². The average Bonchev–Trinajstić information content (AvgIpc) is 2.82. The van der Waals surface area contributed by atoms with Gasteiger partial charge < -0.3 is 45.9 Å². The summed E-state index contributed by atoms with van der Waals surface area (Å²) in [5, 5.41) is 47.4. The van der Waals surface area contributed by atoms with E-state index in [1.165, 1.54) is 0 Å². The number of carbonyl (C=O) groups excluding carboxylic acids is 4. The summed E-state index contributed by atoms with van der Waals surface area (Å²) >= 11 is 0. The molecule has 0 unspecified atom stereocenters. The number of piperazine rings is 1. The molecule has 35 heavy (non-hydrogen) atoms. The van der Waals surface area contributed by atoms with Gasteiger partial charge in [0.25, 0.3) is 5.79 Å². The van der Waals surface area contributed by atoms with Gasteiger partial charge in [-0.1, -0.05) is 12.8 Å². The van der Waals surface area contributed by atoms with Crippen LogP contribution in [0.15, 0.2) is 0 Å². The van der Waals surface area contributed by atoms with Gasteiger partial charge >= 0.3 is 0 Å². The van der Waals surface area contributed by atoms with Crippen LogP contribution in [0.1, 0.15) is 52.4 Å². The van der Waals surface area contributed by atoms with Crippen LogP contribution >= 0.6 is 0 Å². The fraction of sp³-hybridized carbons (Fsp3) is 0.818. The van der Waals surface area contributed by atoms with Crippen molar-refractivity contribution < 1.29 is 49.1 Å². The maximum atomic E-state index is 12.1. The first kappa shape index (κ1) is 29.1. The van der Waals surface area contributed by atoms with Crippen LogP contribution in [0.3, 0.4) is 0 Å². The molecule has 2 rings (SSSR count). The molecule has 0 aromatic rings. The molecular weight excluding hydrogens is 466 g/mol. The monoisotopic (exact) mass is 503 g/mol. The molecule has 3 amide bonds. The minimum Gasteiger partial charge on any atom is -0.394 e. The molecule has 0 spiro atoms. The van der Waals surface area contributed by atoms with Crippen LogP contribution in [0, 0.1) is 0 Å². The van der Waals surface area contributed by atoms with Gasteiger partial charge in [0.15, 0.2) is 5.78 Å². The van der Waals surface area contributed by atoms with Crippen molar-refractivity contribution in [2.75, 3.05) is 19.8 Å². The molecule has 0 aromatic heterocycles. The van der Waals surface area contributed by atoms with E-state index in [0.29, 0.717) is 25.8 Å². The van der Waals surface area contributed by atoms with Crippen LogP contribution in [-0.2, 0) is 28.7 Å². The number of carbonyl (C=O) groups is 4. The Labute approximate surface area is 203 Å². The lowest BCUT2D eigenvalue weighted by molar-refractivity contribution is -0.344. The van der Waals surface area contributed by atoms with Crippen molar-refractivity contribution in [3.8, 4) is 0 Å². The Balaban J connectivity index is 1.62. The molecule has 13 nitrogen and oxygen atoms in total. The van der Waals surface area contributed by atoms with E-state index in [2.05, 4.69) is 16.0 Å². The Kier molecular flexibility index (Phi) is 11.0. The van der Waals surface area contributed by atoms with Crippen LogP contribution in [0.5, 0.6) is 0 Å². The van der Waals surface area contributed by atoms with E-state index < -0.39 is 54.7 Å². The van der Waals surface area contributed by atoms with Crippen molar-refractivity contribution in [3.05, 3.63) is 0 Å². The fourth-order valence-electron chi connectivity index (χ4n) is 3.99. The van der Waals surface area contributed by atoms with Gasteiger partial charge in [-0.15, -0.1) is 0 Å². The van der Waals surface area contributed by atoms with E-state index in [-0.39, 0.29) is 37.2 Å². The summed E-state index contributed by atoms with van der Waals surface area (Å²) in [6, 6.07) is -1.30. The number of aliphatic hydroxyl groups is 4. The van der Waals surface area contributed by atoms with E-state index in [1.54, 1.807) is 6.92 Å². The number of ketones is 1. The molecule has 2 saturated heterocycles. The maximum absolute atomic E-state index is 12.1. The van der Waals surface area contributed by atoms with Crippen molar-refractivity contribution in [1.29, 1.82) is 0 Å². The molecule has 0 aliphatic carbocycles. The number of unbranched alkanes of at least 4 members (excludes halogenated alkanes) is 3. The highest BCUT2D eigenvalue weighted by molar-refractivity contribution is 5.96. The Hall–Kier alpha value is -2.16. The summed E-state index contributed by atoms with van der Waals surface area (Å²) in [6.45, 7) is 2.49. The summed E-state index contributed by atoms with van der Waals surface area (Å²) in [5.41, 5.74) is 0. The molecule has 13 heteroatoms. The second kappa shape index (κ2) is 13.2. The first-order valence-electron chi connectivity index (χ1n) is 11.9.